The highest BCUT2D eigenvalue weighted by molar-refractivity contribution is 5.84. The summed E-state index contributed by atoms with van der Waals surface area (Å²) in [7, 11) is 0. The Balaban J connectivity index is 1.46. The van der Waals surface area contributed by atoms with Crippen LogP contribution in [-0.4, -0.2) is 85.5 Å². The minimum absolute atomic E-state index is 0.0134. The quantitative estimate of drug-likeness (QED) is 0.120. The molecule has 10 heteroatoms. The molecular weight excluding hydrogens is 664 g/mol. The first-order valence-corrected chi connectivity index (χ1v) is 20.6. The highest BCUT2D eigenvalue weighted by Gasteiger charge is 2.58. The average molecular weight is 737 g/mol. The van der Waals surface area contributed by atoms with Crippen LogP contribution in [0.2, 0.25) is 0 Å². The van der Waals surface area contributed by atoms with Crippen LogP contribution in [0, 0.1) is 41.4 Å². The zero-order valence-corrected chi connectivity index (χ0v) is 33.8. The molecule has 0 amide bonds. The van der Waals surface area contributed by atoms with Crippen molar-refractivity contribution in [3.05, 3.63) is 12.2 Å². The Labute approximate surface area is 313 Å². The van der Waals surface area contributed by atoms with E-state index in [-0.39, 0.29) is 35.6 Å². The number of carboxylic acids is 1. The van der Waals surface area contributed by atoms with Crippen molar-refractivity contribution >= 4 is 11.8 Å². The van der Waals surface area contributed by atoms with Gasteiger partial charge in [0.15, 0.2) is 11.6 Å². The van der Waals surface area contributed by atoms with Gasteiger partial charge in [-0.1, -0.05) is 61.5 Å². The first-order chi connectivity index (χ1) is 24.3. The van der Waals surface area contributed by atoms with Gasteiger partial charge in [0.1, 0.15) is 5.78 Å². The molecule has 300 valence electrons. The lowest BCUT2D eigenvalue weighted by molar-refractivity contribution is -0.388. The van der Waals surface area contributed by atoms with Crippen LogP contribution in [-0.2, 0) is 28.5 Å². The van der Waals surface area contributed by atoms with E-state index in [0.717, 1.165) is 25.7 Å². The van der Waals surface area contributed by atoms with E-state index < -0.39 is 70.9 Å². The van der Waals surface area contributed by atoms with Crippen molar-refractivity contribution < 1.29 is 49.0 Å². The number of carboxylic acid groups (broad SMARTS) is 1. The van der Waals surface area contributed by atoms with Gasteiger partial charge in [0.25, 0.3) is 0 Å². The zero-order chi connectivity index (χ0) is 38.8. The summed E-state index contributed by atoms with van der Waals surface area (Å²) in [6, 6.07) is 0. The number of carbonyl (C=O) groups is 2. The van der Waals surface area contributed by atoms with Crippen LogP contribution in [0.3, 0.4) is 0 Å². The third-order valence-electron chi connectivity index (χ3n) is 13.8. The summed E-state index contributed by atoms with van der Waals surface area (Å²) in [5, 5.41) is 42.5. The number of carbonyl (C=O) groups excluding carboxylic acids is 1. The van der Waals surface area contributed by atoms with Crippen LogP contribution >= 0.6 is 0 Å². The van der Waals surface area contributed by atoms with Gasteiger partial charge in [-0.05, 0) is 96.0 Å². The smallest absolute Gasteiger partial charge is 0.309 e. The van der Waals surface area contributed by atoms with Gasteiger partial charge in [-0.2, -0.15) is 0 Å². The Morgan fingerprint density at radius 1 is 0.942 bits per heavy atom. The van der Waals surface area contributed by atoms with Crippen LogP contribution in [0.25, 0.3) is 0 Å². The molecule has 3 fully saturated rings. The second-order valence-corrected chi connectivity index (χ2v) is 17.7. The number of aliphatic hydroxyl groups excluding tert-OH is 2. The zero-order valence-electron chi connectivity index (χ0n) is 33.8. The van der Waals surface area contributed by atoms with E-state index in [2.05, 4.69) is 33.8 Å². The van der Waals surface area contributed by atoms with Gasteiger partial charge in [0.05, 0.1) is 47.6 Å². The molecule has 16 atom stereocenters. The molecule has 0 radical (unpaired) electrons. The molecule has 0 aromatic heterocycles. The monoisotopic (exact) mass is 737 g/mol. The number of aliphatic carboxylic acids is 1. The van der Waals surface area contributed by atoms with Gasteiger partial charge in [0.2, 0.25) is 0 Å². The molecular formula is C42H72O10. The number of hydrogen-bond donors (Lipinski definition) is 4. The topological polar surface area (TPSA) is 152 Å². The fraction of sp³-hybridized carbons (Fsp3) is 0.905. The van der Waals surface area contributed by atoms with E-state index in [0.29, 0.717) is 51.4 Å². The third-order valence-corrected chi connectivity index (χ3v) is 13.8. The molecule has 4 N–H and O–H groups in total. The first kappa shape index (κ1) is 43.3. The van der Waals surface area contributed by atoms with Gasteiger partial charge in [-0.25, -0.2) is 0 Å². The van der Waals surface area contributed by atoms with Crippen LogP contribution in [0.1, 0.15) is 146 Å². The maximum absolute atomic E-state index is 14.4. The molecule has 0 aromatic rings. The molecule has 0 bridgehead atoms. The van der Waals surface area contributed by atoms with Gasteiger partial charge in [-0.15, -0.1) is 0 Å². The van der Waals surface area contributed by atoms with Crippen molar-refractivity contribution in [2.45, 2.75) is 200 Å². The standard InChI is InChI=1S/C42H72O10/c1-11-31(38(46)47)33-17-16-25(4)36(49-33)29(8)34(44)28(7)35(45)32(12-2)37-26(5)24-27(6)42(50-37)21-15-20-41(52-42)23-22-39(10,51-41)18-14-19-40(48,13-3)30(9)43/h15,21,25-34,36-37,43-44,48H,11-14,16-20,22-24H2,1-10H3,(H,46,47). The lowest BCUT2D eigenvalue weighted by atomic mass is 9.72. The number of hydrogen-bond acceptors (Lipinski definition) is 9. The number of rotatable bonds is 16. The largest absolute Gasteiger partial charge is 0.481 e. The highest BCUT2D eigenvalue weighted by Crippen LogP contribution is 2.53. The van der Waals surface area contributed by atoms with E-state index in [1.54, 1.807) is 13.8 Å². The van der Waals surface area contributed by atoms with E-state index in [9.17, 15) is 30.0 Å². The van der Waals surface area contributed by atoms with E-state index >= 15 is 0 Å². The van der Waals surface area contributed by atoms with Crippen molar-refractivity contribution in [1.82, 2.24) is 0 Å². The molecule has 10 nitrogen and oxygen atoms in total. The number of Topliss-reactive ketones (excluding diaryl/α,β-unsaturated/α-hetero) is 1. The lowest BCUT2D eigenvalue weighted by Gasteiger charge is -2.53. The lowest BCUT2D eigenvalue weighted by Crippen LogP contribution is -2.59. The second-order valence-electron chi connectivity index (χ2n) is 17.7. The van der Waals surface area contributed by atoms with E-state index in [4.69, 9.17) is 18.9 Å². The fourth-order valence-corrected chi connectivity index (χ4v) is 10.0. The molecule has 0 saturated carbocycles. The summed E-state index contributed by atoms with van der Waals surface area (Å²) in [5.41, 5.74) is -1.55. The molecule has 4 aliphatic rings. The summed E-state index contributed by atoms with van der Waals surface area (Å²) >= 11 is 0. The van der Waals surface area contributed by atoms with E-state index in [1.807, 2.05) is 33.8 Å². The van der Waals surface area contributed by atoms with Crippen LogP contribution in [0.15, 0.2) is 12.2 Å². The van der Waals surface area contributed by atoms with Crippen molar-refractivity contribution in [2.75, 3.05) is 0 Å². The first-order valence-electron chi connectivity index (χ1n) is 20.6. The van der Waals surface area contributed by atoms with Gasteiger partial charge < -0.3 is 39.4 Å². The maximum Gasteiger partial charge on any atom is 0.309 e. The Kier molecular flexibility index (Phi) is 14.3. The Hall–Kier alpha value is -1.40. The molecule has 2 spiro atoms. The Morgan fingerprint density at radius 2 is 1.62 bits per heavy atom. The molecule has 0 aliphatic carbocycles. The number of ether oxygens (including phenoxy) is 4. The average Bonchev–Trinajstić information content (AvgIpc) is 3.41. The molecule has 0 aromatic carbocycles. The SMILES string of the molecule is CCC(C(=O)O)C1CCC(C)C(C(C)C(O)C(C)C(=O)C(CC)C2OC3(C=CCC4(CCC(C)(CCCC(O)(CC)C(C)O)O4)O3)C(C)CC2C)O1. The third kappa shape index (κ3) is 9.00. The number of aliphatic hydroxyl groups is 3. The van der Waals surface area contributed by atoms with Crippen molar-refractivity contribution in [3.63, 3.8) is 0 Å². The minimum Gasteiger partial charge on any atom is -0.481 e. The van der Waals surface area contributed by atoms with Crippen molar-refractivity contribution in [2.24, 2.45) is 41.4 Å². The Bertz CT molecular complexity index is 1240. The summed E-state index contributed by atoms with van der Waals surface area (Å²) in [6.07, 6.45) is 9.00. The molecule has 4 heterocycles. The highest BCUT2D eigenvalue weighted by atomic mass is 16.8. The molecule has 52 heavy (non-hydrogen) atoms. The summed E-state index contributed by atoms with van der Waals surface area (Å²) < 4.78 is 27.2. The van der Waals surface area contributed by atoms with Crippen LogP contribution < -0.4 is 0 Å². The maximum atomic E-state index is 14.4. The summed E-state index contributed by atoms with van der Waals surface area (Å²) in [6.45, 7) is 19.6. The predicted molar refractivity (Wildman–Crippen MR) is 199 cm³/mol. The second kappa shape index (κ2) is 17.2. The molecule has 16 unspecified atom stereocenters. The summed E-state index contributed by atoms with van der Waals surface area (Å²) in [5.74, 6) is -4.67. The van der Waals surface area contributed by atoms with Crippen LogP contribution in [0.4, 0.5) is 0 Å². The van der Waals surface area contributed by atoms with Crippen LogP contribution in [0.5, 0.6) is 0 Å². The van der Waals surface area contributed by atoms with Gasteiger partial charge >= 0.3 is 5.97 Å². The summed E-state index contributed by atoms with van der Waals surface area (Å²) in [4.78, 5) is 26.3. The molecule has 4 rings (SSSR count). The van der Waals surface area contributed by atoms with Crippen molar-refractivity contribution in [1.29, 1.82) is 0 Å². The number of ketones is 1. The van der Waals surface area contributed by atoms with Gasteiger partial charge in [-0.3, -0.25) is 9.59 Å². The Morgan fingerprint density at radius 3 is 2.21 bits per heavy atom. The predicted octanol–water partition coefficient (Wildman–Crippen LogP) is 7.20. The molecule has 4 aliphatic heterocycles. The van der Waals surface area contributed by atoms with Gasteiger partial charge in [0, 0.05) is 36.5 Å². The van der Waals surface area contributed by atoms with E-state index in [1.165, 1.54) is 0 Å². The minimum atomic E-state index is -1.11. The molecule has 3 saturated heterocycles. The normalized spacial score (nSPS) is 39.8. The fourth-order valence-electron chi connectivity index (χ4n) is 10.0. The van der Waals surface area contributed by atoms with Crippen molar-refractivity contribution in [3.8, 4) is 0 Å².